The van der Waals surface area contributed by atoms with Gasteiger partial charge < -0.3 is 10.5 Å². The van der Waals surface area contributed by atoms with Gasteiger partial charge in [0, 0.05) is 12.1 Å². The number of hydrogen-bond acceptors (Lipinski definition) is 2. The third-order valence-corrected chi connectivity index (χ3v) is 3.77. The molecule has 2 nitrogen and oxygen atoms in total. The first-order valence-electron chi connectivity index (χ1n) is 7.82. The molecule has 1 atom stereocenters. The summed E-state index contributed by atoms with van der Waals surface area (Å²) in [4.78, 5) is 0. The Bertz CT molecular complexity index is 525. The molecule has 1 unspecified atom stereocenters. The van der Waals surface area contributed by atoms with Crippen molar-refractivity contribution in [3.8, 4) is 5.75 Å². The fraction of sp³-hybridized carbons (Fsp3) is 0.667. The van der Waals surface area contributed by atoms with Gasteiger partial charge in [0.2, 0.25) is 0 Å². The summed E-state index contributed by atoms with van der Waals surface area (Å²) in [5, 5.41) is 0. The standard InChI is InChI=1S/C18H28F3NO/c1-16(2,3)13-8-7-9-14(15(13)17(4,5)6)23-11-12(10-22)18(19,20)21/h7-9,12H,10-11,22H2,1-6H3. The van der Waals surface area contributed by atoms with Crippen molar-refractivity contribution < 1.29 is 17.9 Å². The van der Waals surface area contributed by atoms with Crippen molar-refractivity contribution in [2.75, 3.05) is 13.2 Å². The molecule has 0 aromatic heterocycles. The minimum absolute atomic E-state index is 0.126. The average Bonchev–Trinajstić information content (AvgIpc) is 2.35. The van der Waals surface area contributed by atoms with Crippen molar-refractivity contribution in [3.63, 3.8) is 0 Å². The smallest absolute Gasteiger partial charge is 0.396 e. The Balaban J connectivity index is 3.22. The van der Waals surface area contributed by atoms with Crippen LogP contribution in [-0.4, -0.2) is 19.3 Å². The number of alkyl halides is 3. The van der Waals surface area contributed by atoms with E-state index in [0.29, 0.717) is 5.75 Å². The zero-order valence-electron chi connectivity index (χ0n) is 14.8. The minimum atomic E-state index is -4.35. The molecule has 0 radical (unpaired) electrons. The molecule has 0 saturated heterocycles. The molecule has 0 aliphatic rings. The predicted octanol–water partition coefficient (Wildman–Crippen LogP) is 4.80. The summed E-state index contributed by atoms with van der Waals surface area (Å²) in [6.45, 7) is 11.4. The van der Waals surface area contributed by atoms with Gasteiger partial charge in [0.25, 0.3) is 0 Å². The van der Waals surface area contributed by atoms with Crippen LogP contribution < -0.4 is 10.5 Å². The summed E-state index contributed by atoms with van der Waals surface area (Å²) < 4.78 is 44.2. The molecule has 0 fully saturated rings. The van der Waals surface area contributed by atoms with Crippen molar-refractivity contribution in [3.05, 3.63) is 29.3 Å². The quantitative estimate of drug-likeness (QED) is 0.860. The fourth-order valence-corrected chi connectivity index (χ4v) is 2.54. The van der Waals surface area contributed by atoms with Crippen LogP contribution in [0.5, 0.6) is 5.75 Å². The van der Waals surface area contributed by atoms with E-state index in [2.05, 4.69) is 20.8 Å². The summed E-state index contributed by atoms with van der Waals surface area (Å²) in [5.41, 5.74) is 6.91. The molecule has 0 spiro atoms. The fourth-order valence-electron chi connectivity index (χ4n) is 2.54. The Morgan fingerprint density at radius 1 is 1.00 bits per heavy atom. The maximum atomic E-state index is 12.9. The van der Waals surface area contributed by atoms with Crippen molar-refractivity contribution >= 4 is 0 Å². The summed E-state index contributed by atoms with van der Waals surface area (Å²) in [5.74, 6) is -1.15. The summed E-state index contributed by atoms with van der Waals surface area (Å²) in [6, 6.07) is 5.58. The second-order valence-corrected chi connectivity index (χ2v) is 7.96. The van der Waals surface area contributed by atoms with Crippen molar-refractivity contribution in [2.45, 2.75) is 58.5 Å². The molecule has 0 aliphatic carbocycles. The van der Waals surface area contributed by atoms with Crippen molar-refractivity contribution in [1.82, 2.24) is 0 Å². The van der Waals surface area contributed by atoms with E-state index in [1.54, 1.807) is 6.07 Å². The van der Waals surface area contributed by atoms with E-state index in [0.717, 1.165) is 11.1 Å². The topological polar surface area (TPSA) is 35.2 Å². The molecule has 1 rings (SSSR count). The van der Waals surface area contributed by atoms with Crippen LogP contribution in [-0.2, 0) is 10.8 Å². The van der Waals surface area contributed by atoms with Crippen LogP contribution in [0.3, 0.4) is 0 Å². The number of nitrogens with two attached hydrogens (primary N) is 1. The Kier molecular flexibility index (Phi) is 5.79. The lowest BCUT2D eigenvalue weighted by Crippen LogP contribution is -2.35. The predicted molar refractivity (Wildman–Crippen MR) is 87.9 cm³/mol. The normalized spacial score (nSPS) is 14.7. The lowest BCUT2D eigenvalue weighted by molar-refractivity contribution is -0.178. The molecule has 1 aromatic carbocycles. The van der Waals surface area contributed by atoms with Gasteiger partial charge in [-0.1, -0.05) is 53.7 Å². The van der Waals surface area contributed by atoms with Gasteiger partial charge in [-0.3, -0.25) is 0 Å². The van der Waals surface area contributed by atoms with Gasteiger partial charge >= 0.3 is 6.18 Å². The maximum Gasteiger partial charge on any atom is 0.396 e. The van der Waals surface area contributed by atoms with Gasteiger partial charge in [0.05, 0.1) is 0 Å². The summed E-state index contributed by atoms with van der Waals surface area (Å²) in [7, 11) is 0. The maximum absolute atomic E-state index is 12.9. The van der Waals surface area contributed by atoms with Crippen LogP contribution in [0.15, 0.2) is 18.2 Å². The van der Waals surface area contributed by atoms with Crippen LogP contribution in [0.1, 0.15) is 52.7 Å². The van der Waals surface area contributed by atoms with Gasteiger partial charge in [-0.05, 0) is 22.5 Å². The van der Waals surface area contributed by atoms with Gasteiger partial charge in [-0.25, -0.2) is 0 Å². The molecule has 0 heterocycles. The third-order valence-electron chi connectivity index (χ3n) is 3.77. The Morgan fingerprint density at radius 2 is 1.57 bits per heavy atom. The van der Waals surface area contributed by atoms with Crippen LogP contribution in [0, 0.1) is 5.92 Å². The highest BCUT2D eigenvalue weighted by molar-refractivity contribution is 5.47. The highest BCUT2D eigenvalue weighted by Crippen LogP contribution is 2.40. The molecule has 5 heteroatoms. The van der Waals surface area contributed by atoms with Crippen LogP contribution in [0.2, 0.25) is 0 Å². The van der Waals surface area contributed by atoms with Crippen molar-refractivity contribution in [2.24, 2.45) is 11.7 Å². The molecule has 23 heavy (non-hydrogen) atoms. The van der Waals surface area contributed by atoms with E-state index in [1.807, 2.05) is 32.9 Å². The molecule has 0 amide bonds. The molecule has 132 valence electrons. The molecule has 2 N–H and O–H groups in total. The van der Waals surface area contributed by atoms with Crippen molar-refractivity contribution in [1.29, 1.82) is 0 Å². The summed E-state index contributed by atoms with van der Waals surface area (Å²) >= 11 is 0. The number of ether oxygens (including phenoxy) is 1. The van der Waals surface area contributed by atoms with Crippen LogP contribution >= 0.6 is 0 Å². The van der Waals surface area contributed by atoms with E-state index in [1.165, 1.54) is 0 Å². The highest BCUT2D eigenvalue weighted by Gasteiger charge is 2.39. The van der Waals surface area contributed by atoms with Crippen LogP contribution in [0.4, 0.5) is 13.2 Å². The van der Waals surface area contributed by atoms with Gasteiger partial charge in [0.15, 0.2) is 0 Å². The lowest BCUT2D eigenvalue weighted by atomic mass is 9.75. The monoisotopic (exact) mass is 331 g/mol. The Morgan fingerprint density at radius 3 is 1.96 bits per heavy atom. The largest absolute Gasteiger partial charge is 0.493 e. The molecule has 1 aromatic rings. The number of halogens is 3. The molecule has 0 bridgehead atoms. The second-order valence-electron chi connectivity index (χ2n) is 7.96. The first kappa shape index (κ1) is 19.8. The summed E-state index contributed by atoms with van der Waals surface area (Å²) in [6.07, 6.45) is -4.35. The van der Waals surface area contributed by atoms with E-state index in [9.17, 15) is 13.2 Å². The average molecular weight is 331 g/mol. The van der Waals surface area contributed by atoms with E-state index in [4.69, 9.17) is 10.5 Å². The Hall–Kier alpha value is -1.23. The number of hydrogen-bond donors (Lipinski definition) is 1. The SMILES string of the molecule is CC(C)(C)c1cccc(OCC(CN)C(F)(F)F)c1C(C)(C)C. The number of benzene rings is 1. The Labute approximate surface area is 137 Å². The van der Waals surface area contributed by atoms with Gasteiger partial charge in [-0.15, -0.1) is 0 Å². The molecule has 0 saturated carbocycles. The first-order valence-corrected chi connectivity index (χ1v) is 7.82. The lowest BCUT2D eigenvalue weighted by Gasteiger charge is -2.32. The second kappa shape index (κ2) is 6.71. The third kappa shape index (κ3) is 5.13. The van der Waals surface area contributed by atoms with E-state index >= 15 is 0 Å². The molecular weight excluding hydrogens is 303 g/mol. The first-order chi connectivity index (χ1) is 10.3. The van der Waals surface area contributed by atoms with E-state index < -0.39 is 25.2 Å². The molecule has 0 aliphatic heterocycles. The van der Waals surface area contributed by atoms with E-state index in [-0.39, 0.29) is 10.8 Å². The van der Waals surface area contributed by atoms with Gasteiger partial charge in [-0.2, -0.15) is 13.2 Å². The molecular formula is C18H28F3NO. The highest BCUT2D eigenvalue weighted by atomic mass is 19.4. The van der Waals surface area contributed by atoms with Gasteiger partial charge in [0.1, 0.15) is 18.3 Å². The zero-order valence-corrected chi connectivity index (χ0v) is 14.8. The van der Waals surface area contributed by atoms with Crippen LogP contribution in [0.25, 0.3) is 0 Å². The number of rotatable bonds is 4. The minimum Gasteiger partial charge on any atom is -0.493 e. The zero-order chi connectivity index (χ0) is 18.1.